The highest BCUT2D eigenvalue weighted by atomic mass is 35.5. The van der Waals surface area contributed by atoms with Gasteiger partial charge in [-0.1, -0.05) is 18.5 Å². The molecule has 0 saturated carbocycles. The molecule has 0 spiro atoms. The first-order valence-electron chi connectivity index (χ1n) is 7.92. The second-order valence-corrected chi connectivity index (χ2v) is 6.55. The van der Waals surface area contributed by atoms with Gasteiger partial charge in [-0.3, -0.25) is 4.79 Å². The fourth-order valence-electron chi connectivity index (χ4n) is 3.07. The lowest BCUT2D eigenvalue weighted by atomic mass is 9.96. The van der Waals surface area contributed by atoms with Gasteiger partial charge in [-0.15, -0.1) is 0 Å². The summed E-state index contributed by atoms with van der Waals surface area (Å²) >= 11 is 6.02. The number of aliphatic hydroxyl groups is 1. The molecular formula is C17H25ClN2O3. The van der Waals surface area contributed by atoms with Crippen molar-refractivity contribution in [1.29, 1.82) is 0 Å². The van der Waals surface area contributed by atoms with E-state index in [1.54, 1.807) is 30.2 Å². The van der Waals surface area contributed by atoms with Crippen LogP contribution in [0.4, 0.5) is 0 Å². The maximum atomic E-state index is 12.8. The molecule has 1 aliphatic heterocycles. The number of halogens is 1. The highest BCUT2D eigenvalue weighted by Crippen LogP contribution is 2.29. The van der Waals surface area contributed by atoms with Crippen LogP contribution in [0.1, 0.15) is 17.3 Å². The van der Waals surface area contributed by atoms with Crippen molar-refractivity contribution < 1.29 is 14.6 Å². The quantitative estimate of drug-likeness (QED) is 0.860. The first kappa shape index (κ1) is 18.0. The Morgan fingerprint density at radius 3 is 2.74 bits per heavy atom. The molecule has 1 aromatic rings. The van der Waals surface area contributed by atoms with Gasteiger partial charge in [-0.25, -0.2) is 0 Å². The molecule has 2 unspecified atom stereocenters. The molecule has 2 rings (SSSR count). The van der Waals surface area contributed by atoms with E-state index in [-0.39, 0.29) is 24.3 Å². The SMILES string of the molecule is CCN(C)CC1CN(C(=O)c2cc(Cl)ccc2OC)CC1CO. The van der Waals surface area contributed by atoms with Crippen molar-refractivity contribution in [2.75, 3.05) is 46.9 Å². The van der Waals surface area contributed by atoms with Crippen LogP contribution in [-0.2, 0) is 0 Å². The summed E-state index contributed by atoms with van der Waals surface area (Å²) in [7, 11) is 3.60. The van der Waals surface area contributed by atoms with E-state index in [1.807, 2.05) is 0 Å². The zero-order chi connectivity index (χ0) is 17.0. The summed E-state index contributed by atoms with van der Waals surface area (Å²) < 4.78 is 5.28. The summed E-state index contributed by atoms with van der Waals surface area (Å²) in [4.78, 5) is 16.8. The Morgan fingerprint density at radius 1 is 1.43 bits per heavy atom. The zero-order valence-corrected chi connectivity index (χ0v) is 14.7. The standard InChI is InChI=1S/C17H25ClN2O3/c1-4-19(2)8-12-9-20(10-13(12)11-21)17(22)15-7-14(18)5-6-16(15)23-3/h5-7,12-13,21H,4,8-11H2,1-3H3. The van der Waals surface area contributed by atoms with Crippen LogP contribution in [0.2, 0.25) is 5.02 Å². The second-order valence-electron chi connectivity index (χ2n) is 6.11. The number of rotatable bonds is 6. The number of nitrogens with zero attached hydrogens (tertiary/aromatic N) is 2. The van der Waals surface area contributed by atoms with Crippen molar-refractivity contribution in [2.24, 2.45) is 11.8 Å². The Bertz CT molecular complexity index is 553. The summed E-state index contributed by atoms with van der Waals surface area (Å²) in [5.74, 6) is 0.815. The van der Waals surface area contributed by atoms with Crippen LogP contribution < -0.4 is 4.74 Å². The molecule has 1 saturated heterocycles. The molecule has 1 amide bonds. The summed E-state index contributed by atoms with van der Waals surface area (Å²) in [6, 6.07) is 5.05. The van der Waals surface area contributed by atoms with Crippen LogP contribution in [0.15, 0.2) is 18.2 Å². The number of hydrogen-bond acceptors (Lipinski definition) is 4. The third kappa shape index (κ3) is 4.16. The smallest absolute Gasteiger partial charge is 0.257 e. The van der Waals surface area contributed by atoms with Crippen molar-refractivity contribution in [3.05, 3.63) is 28.8 Å². The van der Waals surface area contributed by atoms with Gasteiger partial charge in [-0.05, 0) is 37.7 Å². The second kappa shape index (κ2) is 7.99. The molecule has 1 aromatic carbocycles. The third-order valence-electron chi connectivity index (χ3n) is 4.58. The van der Waals surface area contributed by atoms with E-state index in [2.05, 4.69) is 18.9 Å². The van der Waals surface area contributed by atoms with E-state index < -0.39 is 0 Å². The van der Waals surface area contributed by atoms with Gasteiger partial charge in [0.1, 0.15) is 5.75 Å². The molecule has 128 valence electrons. The number of ether oxygens (including phenoxy) is 1. The van der Waals surface area contributed by atoms with Crippen molar-refractivity contribution in [2.45, 2.75) is 6.92 Å². The van der Waals surface area contributed by atoms with Gasteiger partial charge >= 0.3 is 0 Å². The number of benzene rings is 1. The minimum atomic E-state index is -0.0931. The Labute approximate surface area is 142 Å². The summed E-state index contributed by atoms with van der Waals surface area (Å²) in [5, 5.41) is 10.1. The average molecular weight is 341 g/mol. The first-order valence-corrected chi connectivity index (χ1v) is 8.30. The lowest BCUT2D eigenvalue weighted by molar-refractivity contribution is 0.0776. The molecule has 1 heterocycles. The largest absolute Gasteiger partial charge is 0.496 e. The van der Waals surface area contributed by atoms with Gasteiger partial charge in [-0.2, -0.15) is 0 Å². The Balaban J connectivity index is 2.16. The van der Waals surface area contributed by atoms with Gasteiger partial charge in [0.15, 0.2) is 0 Å². The fourth-order valence-corrected chi connectivity index (χ4v) is 3.24. The lowest BCUT2D eigenvalue weighted by Gasteiger charge is -2.22. The van der Waals surface area contributed by atoms with Crippen molar-refractivity contribution in [3.63, 3.8) is 0 Å². The van der Waals surface area contributed by atoms with E-state index >= 15 is 0 Å². The van der Waals surface area contributed by atoms with E-state index in [0.717, 1.165) is 13.1 Å². The van der Waals surface area contributed by atoms with Crippen LogP contribution >= 0.6 is 11.6 Å². The maximum absolute atomic E-state index is 12.8. The van der Waals surface area contributed by atoms with Gasteiger partial charge in [0.25, 0.3) is 5.91 Å². The normalized spacial score (nSPS) is 21.0. The molecule has 0 radical (unpaired) electrons. The predicted octanol–water partition coefficient (Wildman–Crippen LogP) is 1.98. The van der Waals surface area contributed by atoms with Crippen LogP contribution in [0.5, 0.6) is 5.75 Å². The molecule has 23 heavy (non-hydrogen) atoms. The van der Waals surface area contributed by atoms with Gasteiger partial charge in [0, 0.05) is 37.2 Å². The first-order chi connectivity index (χ1) is 11.0. The van der Waals surface area contributed by atoms with Gasteiger partial charge in [0.2, 0.25) is 0 Å². The third-order valence-corrected chi connectivity index (χ3v) is 4.81. The Morgan fingerprint density at radius 2 is 2.13 bits per heavy atom. The topological polar surface area (TPSA) is 53.0 Å². The lowest BCUT2D eigenvalue weighted by Crippen LogP contribution is -2.32. The monoisotopic (exact) mass is 340 g/mol. The van der Waals surface area contributed by atoms with Crippen molar-refractivity contribution in [3.8, 4) is 5.75 Å². The Hall–Kier alpha value is -1.30. The van der Waals surface area contributed by atoms with E-state index in [0.29, 0.717) is 29.4 Å². The molecule has 1 N–H and O–H groups in total. The van der Waals surface area contributed by atoms with E-state index in [1.165, 1.54) is 0 Å². The number of carbonyl (C=O) groups excluding carboxylic acids is 1. The maximum Gasteiger partial charge on any atom is 0.257 e. The summed E-state index contributed by atoms with van der Waals surface area (Å²) in [6.45, 7) is 5.22. The molecule has 2 atom stereocenters. The zero-order valence-electron chi connectivity index (χ0n) is 14.0. The van der Waals surface area contributed by atoms with Gasteiger partial charge in [0.05, 0.1) is 12.7 Å². The van der Waals surface area contributed by atoms with E-state index in [9.17, 15) is 9.90 Å². The number of carbonyl (C=O) groups is 1. The number of methoxy groups -OCH3 is 1. The molecule has 0 aromatic heterocycles. The van der Waals surface area contributed by atoms with Gasteiger partial charge < -0.3 is 19.6 Å². The molecule has 0 aliphatic carbocycles. The fraction of sp³-hybridized carbons (Fsp3) is 0.588. The number of hydrogen-bond donors (Lipinski definition) is 1. The van der Waals surface area contributed by atoms with Crippen LogP contribution in [0, 0.1) is 11.8 Å². The number of amides is 1. The van der Waals surface area contributed by atoms with Crippen LogP contribution in [0.25, 0.3) is 0 Å². The van der Waals surface area contributed by atoms with Crippen LogP contribution in [0.3, 0.4) is 0 Å². The van der Waals surface area contributed by atoms with Crippen LogP contribution in [-0.4, -0.2) is 67.8 Å². The molecule has 0 bridgehead atoms. The predicted molar refractivity (Wildman–Crippen MR) is 91.1 cm³/mol. The van der Waals surface area contributed by atoms with Crippen molar-refractivity contribution >= 4 is 17.5 Å². The summed E-state index contributed by atoms with van der Waals surface area (Å²) in [6.07, 6.45) is 0. The number of aliphatic hydroxyl groups excluding tert-OH is 1. The number of likely N-dealkylation sites (tertiary alicyclic amines) is 1. The molecule has 6 heteroatoms. The minimum Gasteiger partial charge on any atom is -0.496 e. The Kier molecular flexibility index (Phi) is 6.27. The molecular weight excluding hydrogens is 316 g/mol. The molecule has 5 nitrogen and oxygen atoms in total. The van der Waals surface area contributed by atoms with E-state index in [4.69, 9.17) is 16.3 Å². The molecule has 1 aliphatic rings. The molecule has 1 fully saturated rings. The average Bonchev–Trinajstić information content (AvgIpc) is 2.96. The highest BCUT2D eigenvalue weighted by Gasteiger charge is 2.36. The minimum absolute atomic E-state index is 0.0931. The highest BCUT2D eigenvalue weighted by molar-refractivity contribution is 6.31. The summed E-state index contributed by atoms with van der Waals surface area (Å²) in [5.41, 5.74) is 0.473. The van der Waals surface area contributed by atoms with Crippen molar-refractivity contribution in [1.82, 2.24) is 9.80 Å².